The summed E-state index contributed by atoms with van der Waals surface area (Å²) in [6.07, 6.45) is 3.82. The van der Waals surface area contributed by atoms with Crippen molar-refractivity contribution in [2.75, 3.05) is 13.1 Å². The van der Waals surface area contributed by atoms with Gasteiger partial charge in [-0.05, 0) is 31.5 Å². The zero-order chi connectivity index (χ0) is 17.1. The predicted octanol–water partition coefficient (Wildman–Crippen LogP) is 1.78. The first kappa shape index (κ1) is 16.0. The maximum absolute atomic E-state index is 5.28. The Balaban J connectivity index is 1.29. The van der Waals surface area contributed by atoms with Gasteiger partial charge in [-0.25, -0.2) is 0 Å². The molecule has 1 saturated heterocycles. The van der Waals surface area contributed by atoms with Crippen LogP contribution in [-0.2, 0) is 13.1 Å². The number of aryl methyl sites for hydroxylation is 1. The van der Waals surface area contributed by atoms with Crippen LogP contribution in [0.2, 0.25) is 0 Å². The summed E-state index contributed by atoms with van der Waals surface area (Å²) in [5.41, 5.74) is 0. The summed E-state index contributed by atoms with van der Waals surface area (Å²) in [7, 11) is 0. The molecular weight excluding hydrogens is 324 g/mol. The Kier molecular flexibility index (Phi) is 4.57. The van der Waals surface area contributed by atoms with Crippen molar-refractivity contribution >= 4 is 0 Å². The van der Waals surface area contributed by atoms with Crippen LogP contribution < -0.4 is 5.32 Å². The van der Waals surface area contributed by atoms with Gasteiger partial charge in [-0.3, -0.25) is 4.90 Å². The lowest BCUT2D eigenvalue weighted by atomic mass is 10.1. The standard InChI is InChI=1S/C16H20N6O3/c1-11-18-14(20-24-11)10-22-6-2-4-12(9-22)17-8-15-19-16(21-25-15)13-5-3-7-23-13/h3,5,7,12,17H,2,4,6,8-10H2,1H3/t12-/m1/s1. The average molecular weight is 344 g/mol. The van der Waals surface area contributed by atoms with E-state index in [1.165, 1.54) is 0 Å². The van der Waals surface area contributed by atoms with Crippen molar-refractivity contribution < 1.29 is 13.5 Å². The van der Waals surface area contributed by atoms with Gasteiger partial charge in [0.15, 0.2) is 11.6 Å². The lowest BCUT2D eigenvalue weighted by Crippen LogP contribution is -2.45. The second kappa shape index (κ2) is 7.16. The quantitative estimate of drug-likeness (QED) is 0.716. The molecule has 25 heavy (non-hydrogen) atoms. The molecule has 1 fully saturated rings. The molecule has 1 aliphatic rings. The maximum atomic E-state index is 5.28. The minimum absolute atomic E-state index is 0.362. The summed E-state index contributed by atoms with van der Waals surface area (Å²) in [5, 5.41) is 11.4. The molecule has 3 aromatic rings. The fourth-order valence-electron chi connectivity index (χ4n) is 3.04. The zero-order valence-electron chi connectivity index (χ0n) is 14.0. The number of furan rings is 1. The summed E-state index contributed by atoms with van der Waals surface area (Å²) in [6.45, 7) is 5.01. The first-order chi connectivity index (χ1) is 12.3. The minimum atomic E-state index is 0.362. The van der Waals surface area contributed by atoms with Crippen molar-refractivity contribution in [3.05, 3.63) is 36.0 Å². The van der Waals surface area contributed by atoms with E-state index in [2.05, 4.69) is 30.5 Å². The second-order valence-electron chi connectivity index (χ2n) is 6.17. The highest BCUT2D eigenvalue weighted by Gasteiger charge is 2.22. The van der Waals surface area contributed by atoms with Gasteiger partial charge in [0.2, 0.25) is 17.6 Å². The Bertz CT molecular complexity index is 797. The van der Waals surface area contributed by atoms with Gasteiger partial charge in [0, 0.05) is 19.5 Å². The van der Waals surface area contributed by atoms with E-state index in [1.54, 1.807) is 25.3 Å². The van der Waals surface area contributed by atoms with E-state index in [4.69, 9.17) is 13.5 Å². The molecule has 0 radical (unpaired) electrons. The third kappa shape index (κ3) is 3.94. The van der Waals surface area contributed by atoms with Crippen LogP contribution in [0, 0.1) is 6.92 Å². The highest BCUT2D eigenvalue weighted by molar-refractivity contribution is 5.44. The van der Waals surface area contributed by atoms with Crippen LogP contribution in [0.4, 0.5) is 0 Å². The van der Waals surface area contributed by atoms with Crippen molar-refractivity contribution in [2.24, 2.45) is 0 Å². The highest BCUT2D eigenvalue weighted by atomic mass is 16.5. The van der Waals surface area contributed by atoms with Crippen LogP contribution in [0.15, 0.2) is 31.9 Å². The number of hydrogen-bond donors (Lipinski definition) is 1. The van der Waals surface area contributed by atoms with E-state index in [0.29, 0.717) is 42.5 Å². The number of piperidine rings is 1. The average Bonchev–Trinajstić information content (AvgIpc) is 3.35. The van der Waals surface area contributed by atoms with E-state index in [-0.39, 0.29) is 0 Å². The van der Waals surface area contributed by atoms with Crippen molar-refractivity contribution in [3.8, 4) is 11.6 Å². The van der Waals surface area contributed by atoms with Crippen molar-refractivity contribution in [1.29, 1.82) is 0 Å². The molecule has 132 valence electrons. The zero-order valence-corrected chi connectivity index (χ0v) is 14.0. The van der Waals surface area contributed by atoms with Gasteiger partial charge in [-0.15, -0.1) is 0 Å². The van der Waals surface area contributed by atoms with E-state index >= 15 is 0 Å². The van der Waals surface area contributed by atoms with Crippen LogP contribution in [0.1, 0.15) is 30.4 Å². The monoisotopic (exact) mass is 344 g/mol. The first-order valence-electron chi connectivity index (χ1n) is 8.37. The Hall–Kier alpha value is -2.52. The molecule has 0 unspecified atom stereocenters. The smallest absolute Gasteiger partial charge is 0.241 e. The molecule has 3 aromatic heterocycles. The summed E-state index contributed by atoms with van der Waals surface area (Å²) < 4.78 is 15.6. The van der Waals surface area contributed by atoms with Gasteiger partial charge in [-0.1, -0.05) is 10.3 Å². The molecule has 0 saturated carbocycles. The first-order valence-corrected chi connectivity index (χ1v) is 8.37. The van der Waals surface area contributed by atoms with E-state index in [0.717, 1.165) is 31.8 Å². The van der Waals surface area contributed by atoms with Gasteiger partial charge >= 0.3 is 0 Å². The van der Waals surface area contributed by atoms with Crippen LogP contribution in [0.3, 0.4) is 0 Å². The number of nitrogens with one attached hydrogen (secondary N) is 1. The summed E-state index contributed by atoms with van der Waals surface area (Å²) in [5.74, 6) is 2.97. The van der Waals surface area contributed by atoms with Gasteiger partial charge < -0.3 is 18.8 Å². The fraction of sp³-hybridized carbons (Fsp3) is 0.500. The molecule has 1 atom stereocenters. The Labute approximate surface area is 144 Å². The largest absolute Gasteiger partial charge is 0.461 e. The Morgan fingerprint density at radius 2 is 2.24 bits per heavy atom. The van der Waals surface area contributed by atoms with Crippen molar-refractivity contribution in [1.82, 2.24) is 30.5 Å². The molecule has 9 heteroatoms. The van der Waals surface area contributed by atoms with E-state index in [9.17, 15) is 0 Å². The molecule has 0 bridgehead atoms. The summed E-state index contributed by atoms with van der Waals surface area (Å²) in [6, 6.07) is 3.97. The molecule has 0 spiro atoms. The molecule has 9 nitrogen and oxygen atoms in total. The maximum Gasteiger partial charge on any atom is 0.241 e. The SMILES string of the molecule is Cc1nc(CN2CCC[C@@H](NCc3nc(-c4ccco4)no3)C2)no1. The minimum Gasteiger partial charge on any atom is -0.461 e. The Morgan fingerprint density at radius 1 is 1.28 bits per heavy atom. The van der Waals surface area contributed by atoms with Gasteiger partial charge in [0.25, 0.3) is 0 Å². The number of nitrogens with zero attached hydrogens (tertiary/aromatic N) is 5. The van der Waals surface area contributed by atoms with Crippen LogP contribution >= 0.6 is 0 Å². The topological polar surface area (TPSA) is 106 Å². The number of rotatable bonds is 6. The number of aromatic nitrogens is 4. The molecule has 4 rings (SSSR count). The third-order valence-corrected chi connectivity index (χ3v) is 4.19. The lowest BCUT2D eigenvalue weighted by Gasteiger charge is -2.32. The summed E-state index contributed by atoms with van der Waals surface area (Å²) in [4.78, 5) is 10.9. The van der Waals surface area contributed by atoms with Crippen LogP contribution in [0.25, 0.3) is 11.6 Å². The third-order valence-electron chi connectivity index (χ3n) is 4.19. The van der Waals surface area contributed by atoms with Gasteiger partial charge in [0.05, 0.1) is 19.4 Å². The molecule has 1 N–H and O–H groups in total. The number of hydrogen-bond acceptors (Lipinski definition) is 9. The van der Waals surface area contributed by atoms with E-state index in [1.807, 2.05) is 0 Å². The molecule has 1 aliphatic heterocycles. The molecule has 0 aromatic carbocycles. The molecule has 4 heterocycles. The van der Waals surface area contributed by atoms with Gasteiger partial charge in [0.1, 0.15) is 0 Å². The van der Waals surface area contributed by atoms with Crippen molar-refractivity contribution in [2.45, 2.75) is 38.9 Å². The fourth-order valence-corrected chi connectivity index (χ4v) is 3.04. The summed E-state index contributed by atoms with van der Waals surface area (Å²) >= 11 is 0. The van der Waals surface area contributed by atoms with Gasteiger partial charge in [-0.2, -0.15) is 9.97 Å². The highest BCUT2D eigenvalue weighted by Crippen LogP contribution is 2.16. The molecule has 0 amide bonds. The second-order valence-corrected chi connectivity index (χ2v) is 6.17. The molecule has 0 aliphatic carbocycles. The molecular formula is C16H20N6O3. The normalized spacial score (nSPS) is 18.7. The van der Waals surface area contributed by atoms with Crippen molar-refractivity contribution in [3.63, 3.8) is 0 Å². The lowest BCUT2D eigenvalue weighted by molar-refractivity contribution is 0.174. The van der Waals surface area contributed by atoms with Crippen LogP contribution in [-0.4, -0.2) is 44.3 Å². The Morgan fingerprint density at radius 3 is 3.04 bits per heavy atom. The predicted molar refractivity (Wildman–Crippen MR) is 86.2 cm³/mol. The van der Waals surface area contributed by atoms with Crippen LogP contribution in [0.5, 0.6) is 0 Å². The van der Waals surface area contributed by atoms with E-state index < -0.39 is 0 Å². The number of likely N-dealkylation sites (tertiary alicyclic amines) is 1.